The molecule has 218 valence electrons. The Morgan fingerprint density at radius 2 is 1.76 bits per heavy atom. The summed E-state index contributed by atoms with van der Waals surface area (Å²) >= 11 is 0. The number of anilines is 1. The van der Waals surface area contributed by atoms with E-state index in [1.54, 1.807) is 24.9 Å². The van der Waals surface area contributed by atoms with Crippen LogP contribution in [0.3, 0.4) is 0 Å². The van der Waals surface area contributed by atoms with Crippen molar-refractivity contribution in [3.63, 3.8) is 0 Å². The highest BCUT2D eigenvalue weighted by atomic mass is 16.5. The molecule has 3 heterocycles. The van der Waals surface area contributed by atoms with Gasteiger partial charge in [0, 0.05) is 75.5 Å². The number of fused-ring (bicyclic) bond motifs is 1. The standard InChI is InChI=1S/C34H39N5O3/c1-24-19-25(2)37(3)33(40)32(24)34(41)39-18-17-38(22-26-9-6-5-7-10-26)16-8-15-35-30-13-11-27(20-29(30)23-39)28-12-14-31(42-4)36-21-28/h5-7,9-14,19-21,35H,8,15-18,22-23H2,1-4H3. The molecule has 0 bridgehead atoms. The number of carbonyl (C=O) groups is 1. The van der Waals surface area contributed by atoms with Crippen LogP contribution in [-0.2, 0) is 20.1 Å². The molecule has 0 radical (unpaired) electrons. The van der Waals surface area contributed by atoms with Crippen molar-refractivity contribution >= 4 is 11.6 Å². The highest BCUT2D eigenvalue weighted by molar-refractivity contribution is 5.95. The van der Waals surface area contributed by atoms with E-state index in [2.05, 4.69) is 57.7 Å². The van der Waals surface area contributed by atoms with Crippen molar-refractivity contribution < 1.29 is 9.53 Å². The number of benzene rings is 2. The molecule has 0 saturated heterocycles. The molecule has 0 saturated carbocycles. The number of nitrogens with zero attached hydrogens (tertiary/aromatic N) is 4. The maximum atomic E-state index is 14.2. The lowest BCUT2D eigenvalue weighted by atomic mass is 10.0. The minimum absolute atomic E-state index is 0.234. The summed E-state index contributed by atoms with van der Waals surface area (Å²) in [6.45, 7) is 7.80. The lowest BCUT2D eigenvalue weighted by Gasteiger charge is -2.28. The van der Waals surface area contributed by atoms with Crippen LogP contribution in [0.25, 0.3) is 11.1 Å². The van der Waals surface area contributed by atoms with Crippen molar-refractivity contribution in [1.82, 2.24) is 19.4 Å². The summed E-state index contributed by atoms with van der Waals surface area (Å²) in [5.41, 5.74) is 6.69. The van der Waals surface area contributed by atoms with Gasteiger partial charge in [0.1, 0.15) is 5.56 Å². The minimum Gasteiger partial charge on any atom is -0.481 e. The Labute approximate surface area is 247 Å². The second kappa shape index (κ2) is 13.0. The molecule has 42 heavy (non-hydrogen) atoms. The molecule has 2 aromatic carbocycles. The van der Waals surface area contributed by atoms with Gasteiger partial charge in [-0.1, -0.05) is 36.4 Å². The second-order valence-electron chi connectivity index (χ2n) is 10.9. The Bertz CT molecular complexity index is 1600. The first-order valence-electron chi connectivity index (χ1n) is 14.4. The summed E-state index contributed by atoms with van der Waals surface area (Å²) in [7, 11) is 3.32. The highest BCUT2D eigenvalue weighted by Crippen LogP contribution is 2.28. The molecule has 5 rings (SSSR count). The summed E-state index contributed by atoms with van der Waals surface area (Å²) in [4.78, 5) is 36.1. The molecule has 0 aliphatic carbocycles. The number of hydrogen-bond acceptors (Lipinski definition) is 6. The van der Waals surface area contributed by atoms with Crippen molar-refractivity contribution in [3.05, 3.63) is 111 Å². The molecule has 0 fully saturated rings. The van der Waals surface area contributed by atoms with Crippen molar-refractivity contribution in [2.45, 2.75) is 33.4 Å². The maximum Gasteiger partial charge on any atom is 0.263 e. The first-order chi connectivity index (χ1) is 20.3. The number of hydrogen-bond donors (Lipinski definition) is 1. The topological polar surface area (TPSA) is 79.7 Å². The predicted molar refractivity (Wildman–Crippen MR) is 167 cm³/mol. The molecule has 1 aliphatic heterocycles. The second-order valence-corrected chi connectivity index (χ2v) is 10.9. The number of pyridine rings is 2. The zero-order valence-electron chi connectivity index (χ0n) is 24.9. The van der Waals surface area contributed by atoms with E-state index in [1.807, 2.05) is 43.0 Å². The monoisotopic (exact) mass is 565 g/mol. The van der Waals surface area contributed by atoms with Crippen LogP contribution in [0.4, 0.5) is 5.69 Å². The zero-order valence-corrected chi connectivity index (χ0v) is 24.9. The van der Waals surface area contributed by atoms with Gasteiger partial charge in [0.05, 0.1) is 7.11 Å². The fourth-order valence-electron chi connectivity index (χ4n) is 5.50. The molecule has 1 N–H and O–H groups in total. The third-order valence-electron chi connectivity index (χ3n) is 8.02. The highest BCUT2D eigenvalue weighted by Gasteiger charge is 2.25. The van der Waals surface area contributed by atoms with Crippen LogP contribution in [0, 0.1) is 13.8 Å². The molecular formula is C34H39N5O3. The normalized spacial score (nSPS) is 14.4. The van der Waals surface area contributed by atoms with Gasteiger partial charge in [0.25, 0.3) is 11.5 Å². The van der Waals surface area contributed by atoms with Crippen molar-refractivity contribution in [2.75, 3.05) is 38.6 Å². The molecule has 4 aromatic rings. The molecule has 0 unspecified atom stereocenters. The third-order valence-corrected chi connectivity index (χ3v) is 8.02. The smallest absolute Gasteiger partial charge is 0.263 e. The molecule has 2 aromatic heterocycles. The van der Waals surface area contributed by atoms with Crippen LogP contribution in [-0.4, -0.2) is 58.5 Å². The van der Waals surface area contributed by atoms with Crippen molar-refractivity contribution in [3.8, 4) is 17.0 Å². The zero-order chi connectivity index (χ0) is 29.6. The number of rotatable bonds is 5. The largest absolute Gasteiger partial charge is 0.481 e. The molecule has 8 heteroatoms. The van der Waals surface area contributed by atoms with E-state index in [1.165, 1.54) is 5.56 Å². The lowest BCUT2D eigenvalue weighted by molar-refractivity contribution is 0.0717. The van der Waals surface area contributed by atoms with Gasteiger partial charge in [-0.15, -0.1) is 0 Å². The Kier molecular flexibility index (Phi) is 9.03. The molecule has 0 atom stereocenters. The van der Waals surface area contributed by atoms with Gasteiger partial charge < -0.3 is 19.5 Å². The number of nitrogens with one attached hydrogen (secondary N) is 1. The van der Waals surface area contributed by atoms with E-state index in [0.29, 0.717) is 31.1 Å². The first-order valence-corrected chi connectivity index (χ1v) is 14.4. The Hall–Kier alpha value is -4.43. The fourth-order valence-corrected chi connectivity index (χ4v) is 5.50. The van der Waals surface area contributed by atoms with Gasteiger partial charge in [-0.25, -0.2) is 4.98 Å². The molecule has 1 aliphatic rings. The quantitative estimate of drug-likeness (QED) is 0.366. The van der Waals surface area contributed by atoms with Crippen LogP contribution < -0.4 is 15.6 Å². The van der Waals surface area contributed by atoms with Gasteiger partial charge in [0.2, 0.25) is 5.88 Å². The van der Waals surface area contributed by atoms with Gasteiger partial charge in [-0.2, -0.15) is 0 Å². The van der Waals surface area contributed by atoms with E-state index >= 15 is 0 Å². The average molecular weight is 566 g/mol. The Morgan fingerprint density at radius 3 is 2.50 bits per heavy atom. The summed E-state index contributed by atoms with van der Waals surface area (Å²) < 4.78 is 6.78. The lowest BCUT2D eigenvalue weighted by Crippen LogP contribution is -2.41. The Balaban J connectivity index is 1.51. The number of carbonyl (C=O) groups excluding carboxylic acids is 1. The van der Waals surface area contributed by atoms with Gasteiger partial charge in [-0.05, 0) is 66.8 Å². The third kappa shape index (κ3) is 6.55. The number of aryl methyl sites for hydroxylation is 2. The summed E-state index contributed by atoms with van der Waals surface area (Å²) in [6, 6.07) is 22.4. The number of methoxy groups -OCH3 is 1. The van der Waals surface area contributed by atoms with Crippen molar-refractivity contribution in [1.29, 1.82) is 0 Å². The van der Waals surface area contributed by atoms with E-state index in [4.69, 9.17) is 4.74 Å². The van der Waals surface area contributed by atoms with Crippen LogP contribution in [0.5, 0.6) is 5.88 Å². The number of aromatic nitrogens is 2. The van der Waals surface area contributed by atoms with Gasteiger partial charge in [-0.3, -0.25) is 14.5 Å². The van der Waals surface area contributed by atoms with E-state index < -0.39 is 0 Å². The molecule has 8 nitrogen and oxygen atoms in total. The van der Waals surface area contributed by atoms with Crippen LogP contribution in [0.1, 0.15) is 39.2 Å². The van der Waals surface area contributed by atoms with Crippen LogP contribution in [0.15, 0.2) is 77.7 Å². The predicted octanol–water partition coefficient (Wildman–Crippen LogP) is 5.03. The molecular weight excluding hydrogens is 526 g/mol. The van der Waals surface area contributed by atoms with Gasteiger partial charge in [0.15, 0.2) is 0 Å². The van der Waals surface area contributed by atoms with E-state index in [-0.39, 0.29) is 17.0 Å². The summed E-state index contributed by atoms with van der Waals surface area (Å²) in [5, 5.41) is 3.61. The molecule has 0 spiro atoms. The van der Waals surface area contributed by atoms with Gasteiger partial charge >= 0.3 is 0 Å². The molecule has 1 amide bonds. The van der Waals surface area contributed by atoms with E-state index in [9.17, 15) is 9.59 Å². The van der Waals surface area contributed by atoms with Crippen LogP contribution >= 0.6 is 0 Å². The summed E-state index contributed by atoms with van der Waals surface area (Å²) in [5.74, 6) is 0.317. The average Bonchev–Trinajstić information content (AvgIpc) is 3.04. The Morgan fingerprint density at radius 1 is 0.976 bits per heavy atom. The van der Waals surface area contributed by atoms with Crippen molar-refractivity contribution in [2.24, 2.45) is 7.05 Å². The minimum atomic E-state index is -0.260. The number of amides is 1. The van der Waals surface area contributed by atoms with Crippen LogP contribution in [0.2, 0.25) is 0 Å². The maximum absolute atomic E-state index is 14.2. The van der Waals surface area contributed by atoms with E-state index in [0.717, 1.165) is 54.1 Å². The first kappa shape index (κ1) is 29.1. The fraction of sp³-hybridized carbons (Fsp3) is 0.324. The number of ether oxygens (including phenoxy) is 1. The summed E-state index contributed by atoms with van der Waals surface area (Å²) in [6.07, 6.45) is 2.75. The SMILES string of the molecule is COc1ccc(-c2ccc3c(c2)CN(C(=O)c2c(C)cc(C)n(C)c2=O)CCN(Cc2ccccc2)CCCN3)cn1.